The highest BCUT2D eigenvalue weighted by molar-refractivity contribution is 9.10. The maximum absolute atomic E-state index is 13.9. The molecule has 0 aromatic heterocycles. The van der Waals surface area contributed by atoms with Crippen LogP contribution in [-0.4, -0.2) is 12.1 Å². The van der Waals surface area contributed by atoms with Crippen LogP contribution < -0.4 is 10.2 Å². The van der Waals surface area contributed by atoms with E-state index in [9.17, 15) is 9.18 Å². The van der Waals surface area contributed by atoms with Gasteiger partial charge in [0.2, 0.25) is 0 Å². The minimum atomic E-state index is -0.781. The second-order valence-electron chi connectivity index (χ2n) is 6.11. The average Bonchev–Trinajstić information content (AvgIpc) is 2.74. The van der Waals surface area contributed by atoms with Crippen molar-refractivity contribution in [2.75, 3.05) is 0 Å². The summed E-state index contributed by atoms with van der Waals surface area (Å²) in [6, 6.07) is 18.6. The van der Waals surface area contributed by atoms with Crippen molar-refractivity contribution in [3.63, 3.8) is 0 Å². The third-order valence-corrected chi connectivity index (χ3v) is 5.13. The smallest absolute Gasteiger partial charge is 0.274 e. The molecule has 30 heavy (non-hydrogen) atoms. The van der Waals surface area contributed by atoms with Crippen molar-refractivity contribution in [1.82, 2.24) is 5.43 Å². The molecule has 3 aromatic rings. The maximum atomic E-state index is 13.9. The first-order valence-corrected chi connectivity index (χ1v) is 10.2. The van der Waals surface area contributed by atoms with Gasteiger partial charge in [-0.05, 0) is 75.6 Å². The van der Waals surface area contributed by atoms with Crippen molar-refractivity contribution in [1.29, 1.82) is 5.26 Å². The van der Waals surface area contributed by atoms with E-state index >= 15 is 0 Å². The number of benzene rings is 3. The van der Waals surface area contributed by atoms with E-state index < -0.39 is 11.7 Å². The van der Waals surface area contributed by atoms with Crippen molar-refractivity contribution in [2.24, 2.45) is 5.10 Å². The van der Waals surface area contributed by atoms with E-state index in [1.165, 1.54) is 18.3 Å². The van der Waals surface area contributed by atoms with E-state index in [0.717, 1.165) is 20.6 Å². The Labute approximate surface area is 189 Å². The number of amides is 1. The van der Waals surface area contributed by atoms with Crippen LogP contribution in [-0.2, 0) is 6.61 Å². The number of halogens is 3. The summed E-state index contributed by atoms with van der Waals surface area (Å²) in [4.78, 5) is 12.0. The summed E-state index contributed by atoms with van der Waals surface area (Å²) >= 11 is 6.85. The average molecular weight is 531 g/mol. The second kappa shape index (κ2) is 10.1. The predicted octanol–water partition coefficient (Wildman–Crippen LogP) is 5.57. The van der Waals surface area contributed by atoms with Crippen molar-refractivity contribution >= 4 is 44.0 Å². The normalized spacial score (nSPS) is 10.6. The van der Waals surface area contributed by atoms with Crippen LogP contribution in [0.2, 0.25) is 0 Å². The molecule has 0 saturated carbocycles. The van der Waals surface area contributed by atoms with E-state index in [4.69, 9.17) is 10.00 Å². The standard InChI is InChI=1S/C22H14Br2FN3O2/c23-17-5-1-14(2-6-17)13-30-21-8-4-16(9-19(21)24)12-27-28-22(29)18-7-3-15(11-26)10-20(18)25/h1-10,12H,13H2,(H,28,29)/b27-12-. The Bertz CT molecular complexity index is 1140. The van der Waals surface area contributed by atoms with Crippen LogP contribution in [0.3, 0.4) is 0 Å². The number of ether oxygens (including phenoxy) is 1. The Kier molecular flexibility index (Phi) is 7.33. The van der Waals surface area contributed by atoms with Crippen molar-refractivity contribution < 1.29 is 13.9 Å². The third kappa shape index (κ3) is 5.75. The van der Waals surface area contributed by atoms with Gasteiger partial charge in [-0.1, -0.05) is 28.1 Å². The summed E-state index contributed by atoms with van der Waals surface area (Å²) in [6.07, 6.45) is 1.43. The Morgan fingerprint density at radius 3 is 2.57 bits per heavy atom. The first-order chi connectivity index (χ1) is 14.5. The van der Waals surface area contributed by atoms with E-state index in [1.54, 1.807) is 18.2 Å². The van der Waals surface area contributed by atoms with E-state index in [2.05, 4.69) is 42.4 Å². The van der Waals surface area contributed by atoms with Gasteiger partial charge in [0.1, 0.15) is 18.2 Å². The van der Waals surface area contributed by atoms with Crippen LogP contribution in [0.5, 0.6) is 5.75 Å². The van der Waals surface area contributed by atoms with E-state index in [1.807, 2.05) is 30.3 Å². The molecule has 1 amide bonds. The lowest BCUT2D eigenvalue weighted by atomic mass is 10.1. The first-order valence-electron chi connectivity index (χ1n) is 8.66. The number of hydrogen-bond acceptors (Lipinski definition) is 4. The highest BCUT2D eigenvalue weighted by atomic mass is 79.9. The van der Waals surface area contributed by atoms with Gasteiger partial charge < -0.3 is 4.74 Å². The third-order valence-electron chi connectivity index (χ3n) is 3.99. The van der Waals surface area contributed by atoms with Gasteiger partial charge in [-0.3, -0.25) is 4.79 Å². The van der Waals surface area contributed by atoms with Crippen molar-refractivity contribution in [2.45, 2.75) is 6.61 Å². The molecule has 150 valence electrons. The molecule has 0 unspecified atom stereocenters. The van der Waals surface area contributed by atoms with Crippen LogP contribution in [0.15, 0.2) is 74.7 Å². The molecule has 5 nitrogen and oxygen atoms in total. The molecule has 0 heterocycles. The van der Waals surface area contributed by atoms with E-state index in [-0.39, 0.29) is 11.1 Å². The lowest BCUT2D eigenvalue weighted by Gasteiger charge is -2.09. The van der Waals surface area contributed by atoms with Gasteiger partial charge in [0, 0.05) is 4.47 Å². The molecule has 0 atom stereocenters. The topological polar surface area (TPSA) is 74.5 Å². The summed E-state index contributed by atoms with van der Waals surface area (Å²) in [5, 5.41) is 12.6. The summed E-state index contributed by atoms with van der Waals surface area (Å²) in [6.45, 7) is 0.422. The number of nitrogens with zero attached hydrogens (tertiary/aromatic N) is 2. The first kappa shape index (κ1) is 21.7. The van der Waals surface area contributed by atoms with Gasteiger partial charge in [-0.15, -0.1) is 0 Å². The number of carbonyl (C=O) groups excluding carboxylic acids is 1. The van der Waals surface area contributed by atoms with Crippen LogP contribution >= 0.6 is 31.9 Å². The number of nitrogens with one attached hydrogen (secondary N) is 1. The van der Waals surface area contributed by atoms with Gasteiger partial charge in [-0.25, -0.2) is 9.82 Å². The molecule has 1 N–H and O–H groups in total. The summed E-state index contributed by atoms with van der Waals surface area (Å²) in [7, 11) is 0. The SMILES string of the molecule is N#Cc1ccc(C(=O)N/N=C\c2ccc(OCc3ccc(Br)cc3)c(Br)c2)c(F)c1. The number of carbonyl (C=O) groups is 1. The molecule has 8 heteroatoms. The van der Waals surface area contributed by atoms with Gasteiger partial charge in [0.05, 0.1) is 27.9 Å². The molecular weight excluding hydrogens is 517 g/mol. The molecule has 0 spiro atoms. The zero-order chi connectivity index (χ0) is 21.5. The van der Waals surface area contributed by atoms with Gasteiger partial charge in [-0.2, -0.15) is 10.4 Å². The minimum absolute atomic E-state index is 0.139. The molecular formula is C22H14Br2FN3O2. The predicted molar refractivity (Wildman–Crippen MR) is 119 cm³/mol. The number of nitriles is 1. The van der Waals surface area contributed by atoms with Gasteiger partial charge in [0.25, 0.3) is 5.91 Å². The molecule has 0 bridgehead atoms. The van der Waals surface area contributed by atoms with Crippen molar-refractivity contribution in [3.8, 4) is 11.8 Å². The zero-order valence-corrected chi connectivity index (χ0v) is 18.6. The lowest BCUT2D eigenvalue weighted by molar-refractivity contribution is 0.0951. The highest BCUT2D eigenvalue weighted by Crippen LogP contribution is 2.26. The van der Waals surface area contributed by atoms with E-state index in [0.29, 0.717) is 17.9 Å². The van der Waals surface area contributed by atoms with Gasteiger partial charge >= 0.3 is 0 Å². The molecule has 3 aromatic carbocycles. The van der Waals surface area contributed by atoms with Crippen LogP contribution in [0.4, 0.5) is 4.39 Å². The summed E-state index contributed by atoms with van der Waals surface area (Å²) < 4.78 is 21.4. The van der Waals surface area contributed by atoms with Crippen molar-refractivity contribution in [3.05, 3.63) is 97.7 Å². The summed E-state index contributed by atoms with van der Waals surface area (Å²) in [5.41, 5.74) is 3.96. The molecule has 0 saturated heterocycles. The monoisotopic (exact) mass is 529 g/mol. The van der Waals surface area contributed by atoms with Crippen LogP contribution in [0, 0.1) is 17.1 Å². The van der Waals surface area contributed by atoms with Gasteiger partial charge in [0.15, 0.2) is 0 Å². The Morgan fingerprint density at radius 2 is 1.90 bits per heavy atom. The minimum Gasteiger partial charge on any atom is -0.488 e. The fraction of sp³-hybridized carbons (Fsp3) is 0.0455. The Balaban J connectivity index is 1.59. The number of hydrogen-bond donors (Lipinski definition) is 1. The van der Waals surface area contributed by atoms with Crippen LogP contribution in [0.25, 0.3) is 0 Å². The largest absolute Gasteiger partial charge is 0.488 e. The molecule has 3 rings (SSSR count). The number of hydrazone groups is 1. The molecule has 0 aliphatic rings. The quantitative estimate of drug-likeness (QED) is 0.334. The zero-order valence-electron chi connectivity index (χ0n) is 15.4. The molecule has 0 aliphatic carbocycles. The molecule has 0 fully saturated rings. The molecule has 0 aliphatic heterocycles. The summed E-state index contributed by atoms with van der Waals surface area (Å²) in [5.74, 6) is -0.822. The fourth-order valence-electron chi connectivity index (χ4n) is 2.45. The second-order valence-corrected chi connectivity index (χ2v) is 7.88. The van der Waals surface area contributed by atoms with Crippen LogP contribution in [0.1, 0.15) is 27.0 Å². The number of rotatable bonds is 6. The Morgan fingerprint density at radius 1 is 1.13 bits per heavy atom. The lowest BCUT2D eigenvalue weighted by Crippen LogP contribution is -2.19. The Hall–Kier alpha value is -3.02. The maximum Gasteiger partial charge on any atom is 0.274 e. The fourth-order valence-corrected chi connectivity index (χ4v) is 3.23. The molecule has 0 radical (unpaired) electrons. The highest BCUT2D eigenvalue weighted by Gasteiger charge is 2.11.